The minimum Gasteiger partial charge on any atom is -0.494 e. The fourth-order valence-electron chi connectivity index (χ4n) is 3.22. The Labute approximate surface area is 183 Å². The molecule has 0 unspecified atom stereocenters. The molecule has 4 N–H and O–H groups in total. The van der Waals surface area contributed by atoms with Gasteiger partial charge in [-0.05, 0) is 42.8 Å². The summed E-state index contributed by atoms with van der Waals surface area (Å²) in [6, 6.07) is 7.49. The first kappa shape index (κ1) is 22.9. The first-order valence-corrected chi connectivity index (χ1v) is 9.72. The van der Waals surface area contributed by atoms with Gasteiger partial charge < -0.3 is 25.7 Å². The number of rotatable bonds is 7. The molecule has 0 fully saturated rings. The van der Waals surface area contributed by atoms with Gasteiger partial charge in [0.2, 0.25) is 5.82 Å². The van der Waals surface area contributed by atoms with Gasteiger partial charge in [-0.1, -0.05) is 0 Å². The highest BCUT2D eigenvalue weighted by Crippen LogP contribution is 2.30. The number of anilines is 1. The SMILES string of the molecule is COc1ccc(-c2cnc(C(=O)Nc3ccc(C(=O)NCCN)c(C)c3)n2C)c(F)c1F. The van der Waals surface area contributed by atoms with Gasteiger partial charge in [0.25, 0.3) is 11.8 Å². The Balaban J connectivity index is 1.82. The summed E-state index contributed by atoms with van der Waals surface area (Å²) in [5.41, 5.74) is 7.14. The number of amides is 2. The minimum absolute atomic E-state index is 0.00181. The van der Waals surface area contributed by atoms with Crippen molar-refractivity contribution in [2.75, 3.05) is 25.5 Å². The summed E-state index contributed by atoms with van der Waals surface area (Å²) in [7, 11) is 2.76. The summed E-state index contributed by atoms with van der Waals surface area (Å²) < 4.78 is 34.7. The van der Waals surface area contributed by atoms with Crippen LogP contribution < -0.4 is 21.1 Å². The molecule has 3 rings (SSSR count). The van der Waals surface area contributed by atoms with Gasteiger partial charge in [-0.15, -0.1) is 0 Å². The third kappa shape index (κ3) is 4.45. The van der Waals surface area contributed by atoms with E-state index >= 15 is 0 Å². The first-order valence-electron chi connectivity index (χ1n) is 9.72. The number of ether oxygens (including phenoxy) is 1. The number of methoxy groups -OCH3 is 1. The standard InChI is InChI=1S/C22H23F2N5O3/c1-12-10-13(4-5-14(12)21(30)26-9-8-25)28-22(31)20-27-11-16(29(20)2)15-6-7-17(32-3)19(24)18(15)23/h4-7,10-11H,8-9,25H2,1-3H3,(H,26,30)(H,28,31). The number of imidazole rings is 1. The molecule has 0 radical (unpaired) electrons. The van der Waals surface area contributed by atoms with Crippen LogP contribution in [0.15, 0.2) is 36.5 Å². The highest BCUT2D eigenvalue weighted by atomic mass is 19.2. The molecule has 1 aromatic heterocycles. The highest BCUT2D eigenvalue weighted by Gasteiger charge is 2.21. The van der Waals surface area contributed by atoms with Crippen molar-refractivity contribution >= 4 is 17.5 Å². The van der Waals surface area contributed by atoms with Crippen LogP contribution in [-0.2, 0) is 7.05 Å². The lowest BCUT2D eigenvalue weighted by Gasteiger charge is -2.11. The fraction of sp³-hybridized carbons (Fsp3) is 0.227. The number of aromatic nitrogens is 2. The number of nitrogens with two attached hydrogens (primary N) is 1. The maximum atomic E-state index is 14.5. The molecular formula is C22H23F2N5O3. The third-order valence-electron chi connectivity index (χ3n) is 4.89. The van der Waals surface area contributed by atoms with Crippen LogP contribution in [-0.4, -0.2) is 41.6 Å². The lowest BCUT2D eigenvalue weighted by atomic mass is 10.1. The van der Waals surface area contributed by atoms with E-state index < -0.39 is 17.5 Å². The molecule has 0 saturated carbocycles. The Kier molecular flexibility index (Phi) is 6.84. The van der Waals surface area contributed by atoms with E-state index in [1.165, 1.54) is 37.1 Å². The van der Waals surface area contributed by atoms with Crippen molar-refractivity contribution in [3.63, 3.8) is 0 Å². The van der Waals surface area contributed by atoms with E-state index in [1.807, 2.05) is 0 Å². The van der Waals surface area contributed by atoms with E-state index in [0.29, 0.717) is 29.9 Å². The lowest BCUT2D eigenvalue weighted by molar-refractivity contribution is 0.0953. The second kappa shape index (κ2) is 9.56. The maximum absolute atomic E-state index is 14.5. The van der Waals surface area contributed by atoms with Gasteiger partial charge in [-0.3, -0.25) is 9.59 Å². The normalized spacial score (nSPS) is 10.7. The Morgan fingerprint density at radius 1 is 1.16 bits per heavy atom. The number of nitrogens with zero attached hydrogens (tertiary/aromatic N) is 2. The van der Waals surface area contributed by atoms with Gasteiger partial charge >= 0.3 is 0 Å². The molecule has 2 amide bonds. The van der Waals surface area contributed by atoms with E-state index in [-0.39, 0.29) is 28.7 Å². The summed E-state index contributed by atoms with van der Waals surface area (Å²) in [4.78, 5) is 28.9. The van der Waals surface area contributed by atoms with Gasteiger partial charge in [0.1, 0.15) is 0 Å². The average Bonchev–Trinajstić information content (AvgIpc) is 3.15. The number of hydrogen-bond acceptors (Lipinski definition) is 5. The van der Waals surface area contributed by atoms with Crippen molar-refractivity contribution < 1.29 is 23.1 Å². The molecule has 168 valence electrons. The molecule has 0 aliphatic heterocycles. The summed E-state index contributed by atoms with van der Waals surface area (Å²) >= 11 is 0. The molecule has 0 saturated heterocycles. The number of benzene rings is 2. The van der Waals surface area contributed by atoms with E-state index in [9.17, 15) is 18.4 Å². The Hall–Kier alpha value is -3.79. The highest BCUT2D eigenvalue weighted by molar-refractivity contribution is 6.03. The molecule has 8 nitrogen and oxygen atoms in total. The van der Waals surface area contributed by atoms with Gasteiger partial charge in [0.15, 0.2) is 17.4 Å². The average molecular weight is 443 g/mol. The Bertz CT molecular complexity index is 1180. The van der Waals surface area contributed by atoms with Crippen molar-refractivity contribution in [2.45, 2.75) is 6.92 Å². The molecule has 0 atom stereocenters. The molecule has 0 spiro atoms. The number of hydrogen-bond donors (Lipinski definition) is 3. The zero-order valence-corrected chi connectivity index (χ0v) is 17.8. The predicted molar refractivity (Wildman–Crippen MR) is 116 cm³/mol. The van der Waals surface area contributed by atoms with Crippen molar-refractivity contribution in [3.8, 4) is 17.0 Å². The number of nitrogens with one attached hydrogen (secondary N) is 2. The number of aryl methyl sites for hydroxylation is 1. The second-order valence-corrected chi connectivity index (χ2v) is 7.00. The second-order valence-electron chi connectivity index (χ2n) is 7.00. The Morgan fingerprint density at radius 2 is 1.91 bits per heavy atom. The number of halogens is 2. The van der Waals surface area contributed by atoms with Gasteiger partial charge in [0.05, 0.1) is 19.0 Å². The van der Waals surface area contributed by atoms with Crippen molar-refractivity contribution in [1.82, 2.24) is 14.9 Å². The number of carbonyl (C=O) groups excluding carboxylic acids is 2. The van der Waals surface area contributed by atoms with E-state index in [2.05, 4.69) is 15.6 Å². The zero-order chi connectivity index (χ0) is 23.4. The largest absolute Gasteiger partial charge is 0.494 e. The molecule has 0 aliphatic rings. The lowest BCUT2D eigenvalue weighted by Crippen LogP contribution is -2.29. The summed E-state index contributed by atoms with van der Waals surface area (Å²) in [5.74, 6) is -3.25. The quantitative estimate of drug-likeness (QED) is 0.520. The molecule has 2 aromatic carbocycles. The fourth-order valence-corrected chi connectivity index (χ4v) is 3.22. The smallest absolute Gasteiger partial charge is 0.291 e. The first-order chi connectivity index (χ1) is 15.3. The maximum Gasteiger partial charge on any atom is 0.291 e. The molecular weight excluding hydrogens is 420 g/mol. The molecule has 32 heavy (non-hydrogen) atoms. The monoisotopic (exact) mass is 443 g/mol. The topological polar surface area (TPSA) is 111 Å². The van der Waals surface area contributed by atoms with Crippen LogP contribution in [0.2, 0.25) is 0 Å². The minimum atomic E-state index is -1.12. The van der Waals surface area contributed by atoms with Crippen LogP contribution in [0.25, 0.3) is 11.3 Å². The summed E-state index contributed by atoms with van der Waals surface area (Å²) in [6.45, 7) is 2.43. The van der Waals surface area contributed by atoms with Crippen LogP contribution in [0.5, 0.6) is 5.75 Å². The summed E-state index contributed by atoms with van der Waals surface area (Å²) in [6.07, 6.45) is 1.29. The van der Waals surface area contributed by atoms with Crippen LogP contribution in [0, 0.1) is 18.6 Å². The molecule has 1 heterocycles. The molecule has 10 heteroatoms. The van der Waals surface area contributed by atoms with Crippen molar-refractivity contribution in [1.29, 1.82) is 0 Å². The molecule has 0 aliphatic carbocycles. The van der Waals surface area contributed by atoms with Gasteiger partial charge in [-0.25, -0.2) is 9.37 Å². The van der Waals surface area contributed by atoms with Gasteiger partial charge in [0, 0.05) is 37.0 Å². The zero-order valence-electron chi connectivity index (χ0n) is 17.8. The van der Waals surface area contributed by atoms with Crippen LogP contribution in [0.3, 0.4) is 0 Å². The van der Waals surface area contributed by atoms with Gasteiger partial charge in [-0.2, -0.15) is 4.39 Å². The molecule has 0 bridgehead atoms. The van der Waals surface area contributed by atoms with E-state index in [1.54, 1.807) is 25.1 Å². The van der Waals surface area contributed by atoms with Crippen molar-refractivity contribution in [3.05, 3.63) is 65.1 Å². The Morgan fingerprint density at radius 3 is 2.56 bits per heavy atom. The molecule has 3 aromatic rings. The number of carbonyl (C=O) groups is 2. The van der Waals surface area contributed by atoms with Crippen LogP contribution in [0.4, 0.5) is 14.5 Å². The van der Waals surface area contributed by atoms with Crippen molar-refractivity contribution in [2.24, 2.45) is 12.8 Å². The van der Waals surface area contributed by atoms with Crippen LogP contribution in [0.1, 0.15) is 26.5 Å². The van der Waals surface area contributed by atoms with E-state index in [4.69, 9.17) is 10.5 Å². The predicted octanol–water partition coefficient (Wildman–Crippen LogP) is 2.62. The summed E-state index contributed by atoms with van der Waals surface area (Å²) in [5, 5.41) is 5.38. The van der Waals surface area contributed by atoms with Crippen LogP contribution >= 0.6 is 0 Å². The third-order valence-corrected chi connectivity index (χ3v) is 4.89. The van der Waals surface area contributed by atoms with E-state index in [0.717, 1.165) is 0 Å².